The Kier molecular flexibility index (Phi) is 5.91. The number of pyridine rings is 1. The largest absolute Gasteiger partial charge is 0.496 e. The van der Waals surface area contributed by atoms with E-state index in [0.29, 0.717) is 45.7 Å². The molecule has 0 amide bonds. The highest BCUT2D eigenvalue weighted by atomic mass is 16.5. The van der Waals surface area contributed by atoms with Crippen molar-refractivity contribution < 1.29 is 28.6 Å². The average molecular weight is 409 g/mol. The summed E-state index contributed by atoms with van der Waals surface area (Å²) in [6.45, 7) is 5.17. The molecule has 30 heavy (non-hydrogen) atoms. The molecule has 1 aromatic carbocycles. The van der Waals surface area contributed by atoms with Gasteiger partial charge in [-0.15, -0.1) is 0 Å². The lowest BCUT2D eigenvalue weighted by molar-refractivity contribution is 0.0525. The van der Waals surface area contributed by atoms with Crippen molar-refractivity contribution in [2.45, 2.75) is 20.8 Å². The molecule has 0 unspecified atom stereocenters. The van der Waals surface area contributed by atoms with E-state index in [1.807, 2.05) is 12.3 Å². The minimum absolute atomic E-state index is 0.169. The summed E-state index contributed by atoms with van der Waals surface area (Å²) in [5, 5.41) is 0. The second kappa shape index (κ2) is 8.41. The lowest BCUT2D eigenvalue weighted by Crippen LogP contribution is -2.13. The zero-order valence-corrected chi connectivity index (χ0v) is 17.6. The van der Waals surface area contributed by atoms with Crippen molar-refractivity contribution in [2.24, 2.45) is 0 Å². The highest BCUT2D eigenvalue weighted by Gasteiger charge is 2.21. The van der Waals surface area contributed by atoms with Gasteiger partial charge in [-0.1, -0.05) is 0 Å². The van der Waals surface area contributed by atoms with Gasteiger partial charge in [0.25, 0.3) is 0 Å². The number of fused-ring (bicyclic) bond motifs is 1. The Morgan fingerprint density at radius 1 is 1.03 bits per heavy atom. The van der Waals surface area contributed by atoms with Crippen LogP contribution in [0.2, 0.25) is 0 Å². The number of esters is 1. The van der Waals surface area contributed by atoms with Gasteiger partial charge in [0.15, 0.2) is 12.1 Å². The van der Waals surface area contributed by atoms with Gasteiger partial charge in [-0.25, -0.2) is 4.79 Å². The van der Waals surface area contributed by atoms with E-state index in [1.165, 1.54) is 21.1 Å². The Morgan fingerprint density at radius 3 is 2.17 bits per heavy atom. The third kappa shape index (κ3) is 3.54. The SMILES string of the molecule is CCOC(=O)c1cc2cc(-c3cc(OC)c(C=O)c(OC)c3)cn2c(C(C)=O)c1C. The quantitative estimate of drug-likeness (QED) is 0.332. The van der Waals surface area contributed by atoms with Crippen LogP contribution in [0, 0.1) is 6.92 Å². The highest BCUT2D eigenvalue weighted by Crippen LogP contribution is 2.35. The summed E-state index contributed by atoms with van der Waals surface area (Å²) >= 11 is 0. The molecule has 2 aromatic heterocycles. The lowest BCUT2D eigenvalue weighted by atomic mass is 10.0. The van der Waals surface area contributed by atoms with Gasteiger partial charge >= 0.3 is 5.97 Å². The molecule has 0 bridgehead atoms. The van der Waals surface area contributed by atoms with Crippen molar-refractivity contribution in [3.63, 3.8) is 0 Å². The molecule has 0 spiro atoms. The van der Waals surface area contributed by atoms with E-state index in [9.17, 15) is 14.4 Å². The molecule has 0 atom stereocenters. The number of ketones is 1. The van der Waals surface area contributed by atoms with Crippen LogP contribution in [-0.2, 0) is 4.74 Å². The predicted molar refractivity (Wildman–Crippen MR) is 112 cm³/mol. The Labute approximate surface area is 174 Å². The number of carbonyl (C=O) groups is 3. The molecule has 7 heteroatoms. The van der Waals surface area contributed by atoms with Crippen LogP contribution in [0.4, 0.5) is 0 Å². The first-order valence-electron chi connectivity index (χ1n) is 9.41. The van der Waals surface area contributed by atoms with Crippen molar-refractivity contribution in [1.82, 2.24) is 4.40 Å². The van der Waals surface area contributed by atoms with E-state index in [0.717, 1.165) is 11.1 Å². The molecular weight excluding hydrogens is 386 g/mol. The van der Waals surface area contributed by atoms with Crippen LogP contribution in [0.15, 0.2) is 30.5 Å². The second-order valence-electron chi connectivity index (χ2n) is 6.74. The van der Waals surface area contributed by atoms with Gasteiger partial charge in [0, 0.05) is 24.2 Å². The van der Waals surface area contributed by atoms with Gasteiger partial charge in [-0.05, 0) is 49.2 Å². The Morgan fingerprint density at radius 2 is 1.67 bits per heavy atom. The standard InChI is InChI=1S/C23H23NO6/c1-6-30-23(27)18-10-17-7-16(11-24(17)22(13(18)2)14(3)26)15-8-20(28-4)19(12-25)21(9-15)29-5/h7-12H,6H2,1-5H3. The predicted octanol–water partition coefficient (Wildman–Crippen LogP) is 4.12. The minimum atomic E-state index is -0.471. The molecule has 3 aromatic rings. The smallest absolute Gasteiger partial charge is 0.338 e. The van der Waals surface area contributed by atoms with E-state index < -0.39 is 5.97 Å². The summed E-state index contributed by atoms with van der Waals surface area (Å²) in [5.74, 6) is 0.119. The van der Waals surface area contributed by atoms with Crippen LogP contribution < -0.4 is 9.47 Å². The average Bonchev–Trinajstić information content (AvgIpc) is 3.15. The summed E-state index contributed by atoms with van der Waals surface area (Å²) in [6, 6.07) is 7.02. The van der Waals surface area contributed by atoms with E-state index in [4.69, 9.17) is 14.2 Å². The molecule has 0 aliphatic heterocycles. The number of hydrogen-bond acceptors (Lipinski definition) is 6. The van der Waals surface area contributed by atoms with Crippen molar-refractivity contribution >= 4 is 23.6 Å². The van der Waals surface area contributed by atoms with Gasteiger partial charge in [-0.2, -0.15) is 0 Å². The number of aldehydes is 1. The fourth-order valence-electron chi connectivity index (χ4n) is 3.58. The summed E-state index contributed by atoms with van der Waals surface area (Å²) in [6.07, 6.45) is 2.49. The fourth-order valence-corrected chi connectivity index (χ4v) is 3.58. The second-order valence-corrected chi connectivity index (χ2v) is 6.74. The molecular formula is C23H23NO6. The van der Waals surface area contributed by atoms with Gasteiger partial charge in [0.05, 0.1) is 37.6 Å². The molecule has 156 valence electrons. The summed E-state index contributed by atoms with van der Waals surface area (Å²) < 4.78 is 17.6. The third-order valence-electron chi connectivity index (χ3n) is 4.97. The molecule has 0 aliphatic rings. The van der Waals surface area contributed by atoms with E-state index in [2.05, 4.69) is 0 Å². The number of Topliss-reactive ketones (excluding diaryl/α,β-unsaturated/α-hetero) is 1. The zero-order valence-electron chi connectivity index (χ0n) is 17.6. The Balaban J connectivity index is 2.27. The molecule has 0 N–H and O–H groups in total. The first-order valence-corrected chi connectivity index (χ1v) is 9.41. The van der Waals surface area contributed by atoms with Crippen molar-refractivity contribution in [3.8, 4) is 22.6 Å². The van der Waals surface area contributed by atoms with Crippen LogP contribution in [-0.4, -0.2) is 43.3 Å². The molecule has 7 nitrogen and oxygen atoms in total. The highest BCUT2D eigenvalue weighted by molar-refractivity contribution is 6.01. The first-order chi connectivity index (χ1) is 14.4. The van der Waals surface area contributed by atoms with Gasteiger partial charge in [-0.3, -0.25) is 9.59 Å². The summed E-state index contributed by atoms with van der Waals surface area (Å²) in [4.78, 5) is 36.2. The molecule has 0 saturated carbocycles. The Bertz CT molecular complexity index is 1130. The molecule has 3 rings (SSSR count). The lowest BCUT2D eigenvalue weighted by Gasteiger charge is -2.12. The number of ether oxygens (including phenoxy) is 3. The molecule has 2 heterocycles. The molecule has 0 aliphatic carbocycles. The fraction of sp³-hybridized carbons (Fsp3) is 0.261. The van der Waals surface area contributed by atoms with Crippen LogP contribution in [0.25, 0.3) is 16.6 Å². The maximum absolute atomic E-state index is 12.4. The van der Waals surface area contributed by atoms with Gasteiger partial charge in [0.1, 0.15) is 11.5 Å². The van der Waals surface area contributed by atoms with Gasteiger partial charge < -0.3 is 18.6 Å². The number of aromatic nitrogens is 1. The number of benzene rings is 1. The van der Waals surface area contributed by atoms with Crippen LogP contribution in [0.1, 0.15) is 50.6 Å². The number of carbonyl (C=O) groups excluding carboxylic acids is 3. The third-order valence-corrected chi connectivity index (χ3v) is 4.97. The van der Waals surface area contributed by atoms with Crippen molar-refractivity contribution in [1.29, 1.82) is 0 Å². The number of hydrogen-bond donors (Lipinski definition) is 0. The van der Waals surface area contributed by atoms with Gasteiger partial charge in [0.2, 0.25) is 0 Å². The van der Waals surface area contributed by atoms with E-state index >= 15 is 0 Å². The molecule has 0 radical (unpaired) electrons. The maximum Gasteiger partial charge on any atom is 0.338 e. The Hall–Kier alpha value is -3.61. The molecule has 0 fully saturated rings. The first kappa shape index (κ1) is 21.1. The van der Waals surface area contributed by atoms with Crippen LogP contribution in [0.3, 0.4) is 0 Å². The number of nitrogens with zero attached hydrogens (tertiary/aromatic N) is 1. The summed E-state index contributed by atoms with van der Waals surface area (Å²) in [5.41, 5.74) is 3.81. The summed E-state index contributed by atoms with van der Waals surface area (Å²) in [7, 11) is 2.95. The van der Waals surface area contributed by atoms with Crippen molar-refractivity contribution in [3.05, 3.63) is 52.8 Å². The van der Waals surface area contributed by atoms with Crippen molar-refractivity contribution in [2.75, 3.05) is 20.8 Å². The van der Waals surface area contributed by atoms with E-state index in [1.54, 1.807) is 36.4 Å². The molecule has 0 saturated heterocycles. The van der Waals surface area contributed by atoms with E-state index in [-0.39, 0.29) is 12.4 Å². The number of methoxy groups -OCH3 is 2. The van der Waals surface area contributed by atoms with Crippen LogP contribution in [0.5, 0.6) is 11.5 Å². The normalized spacial score (nSPS) is 10.7. The topological polar surface area (TPSA) is 83.3 Å². The number of rotatable bonds is 7. The maximum atomic E-state index is 12.4. The van der Waals surface area contributed by atoms with Crippen LogP contribution >= 0.6 is 0 Å². The zero-order chi connectivity index (χ0) is 22.0. The monoisotopic (exact) mass is 409 g/mol. The minimum Gasteiger partial charge on any atom is -0.496 e.